The molecule has 0 fully saturated rings. The van der Waals surface area contributed by atoms with Crippen molar-refractivity contribution >= 4 is 39.5 Å². The molecule has 17 nitrogen and oxygen atoms in total. The van der Waals surface area contributed by atoms with Gasteiger partial charge in [0.2, 0.25) is 0 Å². The van der Waals surface area contributed by atoms with Gasteiger partial charge in [0, 0.05) is 25.7 Å². The van der Waals surface area contributed by atoms with Crippen LogP contribution in [0, 0.1) is 11.8 Å². The summed E-state index contributed by atoms with van der Waals surface area (Å²) in [6, 6.07) is 0. The summed E-state index contributed by atoms with van der Waals surface area (Å²) in [5.74, 6) is -0.438. The lowest BCUT2D eigenvalue weighted by Crippen LogP contribution is -2.30. The Morgan fingerprint density at radius 3 is 0.747 bits per heavy atom. The number of hydrogen-bond acceptors (Lipinski definition) is 15. The zero-order valence-electron chi connectivity index (χ0n) is 62.0. The Balaban J connectivity index is 5.17. The third-order valence-corrected chi connectivity index (χ3v) is 20.3. The third-order valence-electron chi connectivity index (χ3n) is 18.4. The van der Waals surface area contributed by atoms with Crippen molar-refractivity contribution in [2.24, 2.45) is 11.8 Å². The molecular weight excluding hydrogens is 1250 g/mol. The highest BCUT2D eigenvalue weighted by molar-refractivity contribution is 7.47. The Morgan fingerprint density at radius 2 is 0.505 bits per heavy atom. The summed E-state index contributed by atoms with van der Waals surface area (Å²) in [4.78, 5) is 72.7. The average Bonchev–Trinajstić information content (AvgIpc) is 2.47. The van der Waals surface area contributed by atoms with Gasteiger partial charge in [0.15, 0.2) is 12.2 Å². The molecule has 0 aliphatic heterocycles. The summed E-state index contributed by atoms with van der Waals surface area (Å²) >= 11 is 0. The SMILES string of the molecule is CCCCCCCCCCCCCC(=O)O[C@H](COC(=O)CCCCCCCCCC)COP(=O)(O)OC[C@H](O)COP(=O)(O)OC[C@@H](COC(=O)CCCCCCCCCCCCC(C)CC)OC(=O)CCCCCCCCCCCCCCCCCCCCC(C)CC. The smallest absolute Gasteiger partial charge is 0.462 e. The Labute approximate surface area is 581 Å². The normalized spacial score (nSPS) is 14.6. The molecule has 0 amide bonds. The van der Waals surface area contributed by atoms with Crippen molar-refractivity contribution in [1.82, 2.24) is 0 Å². The summed E-state index contributed by atoms with van der Waals surface area (Å²) in [7, 11) is -9.90. The van der Waals surface area contributed by atoms with Crippen LogP contribution in [0.15, 0.2) is 0 Å². The first-order valence-corrected chi connectivity index (χ1v) is 42.6. The van der Waals surface area contributed by atoms with E-state index in [1.54, 1.807) is 0 Å². The van der Waals surface area contributed by atoms with Gasteiger partial charge in [0.05, 0.1) is 26.4 Å². The molecule has 0 aromatic carbocycles. The van der Waals surface area contributed by atoms with E-state index in [0.29, 0.717) is 25.7 Å². The van der Waals surface area contributed by atoms with Gasteiger partial charge in [-0.25, -0.2) is 9.13 Å². The molecule has 0 aromatic heterocycles. The van der Waals surface area contributed by atoms with Crippen LogP contribution in [0.1, 0.15) is 395 Å². The number of unbranched alkanes of at least 4 members (excludes halogenated alkanes) is 43. The van der Waals surface area contributed by atoms with E-state index in [1.807, 2.05) is 0 Å². The van der Waals surface area contributed by atoms with Crippen LogP contribution in [-0.4, -0.2) is 96.7 Å². The number of esters is 4. The van der Waals surface area contributed by atoms with Gasteiger partial charge in [-0.1, -0.05) is 343 Å². The van der Waals surface area contributed by atoms with E-state index in [-0.39, 0.29) is 25.7 Å². The summed E-state index contributed by atoms with van der Waals surface area (Å²) in [6.07, 6.45) is 55.5. The maximum absolute atomic E-state index is 13.1. The molecule has 19 heteroatoms. The number of rotatable bonds is 75. The number of ether oxygens (including phenoxy) is 4. The molecule has 95 heavy (non-hydrogen) atoms. The van der Waals surface area contributed by atoms with E-state index in [4.69, 9.17) is 37.0 Å². The second-order valence-electron chi connectivity index (χ2n) is 27.9. The van der Waals surface area contributed by atoms with Crippen molar-refractivity contribution in [2.45, 2.75) is 413 Å². The fourth-order valence-electron chi connectivity index (χ4n) is 11.6. The van der Waals surface area contributed by atoms with E-state index in [1.165, 1.54) is 205 Å². The second-order valence-corrected chi connectivity index (χ2v) is 30.8. The molecule has 0 saturated carbocycles. The lowest BCUT2D eigenvalue weighted by atomic mass is 9.99. The van der Waals surface area contributed by atoms with E-state index in [2.05, 4.69) is 41.5 Å². The van der Waals surface area contributed by atoms with Gasteiger partial charge >= 0.3 is 39.5 Å². The van der Waals surface area contributed by atoms with Gasteiger partial charge < -0.3 is 33.8 Å². The maximum Gasteiger partial charge on any atom is 0.472 e. The van der Waals surface area contributed by atoms with Crippen LogP contribution in [0.2, 0.25) is 0 Å². The molecule has 0 rings (SSSR count). The number of carbonyl (C=O) groups is 4. The number of hydrogen-bond donors (Lipinski definition) is 3. The van der Waals surface area contributed by atoms with Crippen molar-refractivity contribution in [3.63, 3.8) is 0 Å². The molecule has 0 aliphatic carbocycles. The number of phosphoric acid groups is 2. The van der Waals surface area contributed by atoms with Gasteiger partial charge in [0.1, 0.15) is 19.3 Å². The van der Waals surface area contributed by atoms with E-state index < -0.39 is 97.5 Å². The molecular formula is C76H148O17P2. The van der Waals surface area contributed by atoms with Crippen molar-refractivity contribution in [2.75, 3.05) is 39.6 Å². The Bertz CT molecular complexity index is 1840. The largest absolute Gasteiger partial charge is 0.472 e. The maximum atomic E-state index is 13.1. The Morgan fingerprint density at radius 1 is 0.295 bits per heavy atom. The highest BCUT2D eigenvalue weighted by atomic mass is 31.2. The minimum Gasteiger partial charge on any atom is -0.462 e. The topological polar surface area (TPSA) is 237 Å². The predicted octanol–water partition coefficient (Wildman–Crippen LogP) is 22.3. The van der Waals surface area contributed by atoms with E-state index >= 15 is 0 Å². The van der Waals surface area contributed by atoms with Gasteiger partial charge in [-0.3, -0.25) is 37.3 Å². The molecule has 0 radical (unpaired) electrons. The van der Waals surface area contributed by atoms with E-state index in [0.717, 1.165) is 108 Å². The second kappa shape index (κ2) is 67.9. The average molecular weight is 1400 g/mol. The van der Waals surface area contributed by atoms with Crippen LogP contribution >= 0.6 is 15.6 Å². The van der Waals surface area contributed by atoms with Gasteiger partial charge in [-0.05, 0) is 37.5 Å². The number of carbonyl (C=O) groups excluding carboxylic acids is 4. The summed E-state index contributed by atoms with van der Waals surface area (Å²) in [6.45, 7) is 9.66. The predicted molar refractivity (Wildman–Crippen MR) is 386 cm³/mol. The highest BCUT2D eigenvalue weighted by Gasteiger charge is 2.30. The van der Waals surface area contributed by atoms with E-state index in [9.17, 15) is 43.2 Å². The minimum atomic E-state index is -4.96. The number of aliphatic hydroxyl groups is 1. The van der Waals surface area contributed by atoms with Crippen LogP contribution in [0.3, 0.4) is 0 Å². The molecule has 0 spiro atoms. The quantitative estimate of drug-likeness (QED) is 0.0222. The van der Waals surface area contributed by atoms with Gasteiger partial charge in [-0.2, -0.15) is 0 Å². The van der Waals surface area contributed by atoms with Gasteiger partial charge in [0.25, 0.3) is 0 Å². The lowest BCUT2D eigenvalue weighted by molar-refractivity contribution is -0.161. The number of aliphatic hydroxyl groups excluding tert-OH is 1. The Kier molecular flexibility index (Phi) is 66.5. The first-order chi connectivity index (χ1) is 45.9. The molecule has 564 valence electrons. The summed E-state index contributed by atoms with van der Waals surface area (Å²) < 4.78 is 68.4. The highest BCUT2D eigenvalue weighted by Crippen LogP contribution is 2.45. The zero-order chi connectivity index (χ0) is 70.0. The monoisotopic (exact) mass is 1400 g/mol. The third kappa shape index (κ3) is 67.6. The Hall–Kier alpha value is -1.94. The van der Waals surface area contributed by atoms with Crippen LogP contribution < -0.4 is 0 Å². The van der Waals surface area contributed by atoms with Crippen LogP contribution in [0.5, 0.6) is 0 Å². The lowest BCUT2D eigenvalue weighted by Gasteiger charge is -2.21. The standard InChI is InChI=1S/C76H148O17P2/c1-7-11-13-15-17-19-28-36-42-48-54-60-75(80)92-71(64-86-73(78)58-52-46-40-18-16-14-12-8-2)66-90-94(82,83)88-62-70(77)63-89-95(84,85)91-67-72(65-87-74(79)59-53-47-41-35-32-31-34-39-45-51-57-69(6)10-4)93-76(81)61-55-49-43-37-30-27-25-23-21-20-22-24-26-29-33-38-44-50-56-68(5)9-3/h68-72,77H,7-67H2,1-6H3,(H,82,83)(H,84,85)/t68?,69?,70-,71+,72+/m0/s1. The van der Waals surface area contributed by atoms with Crippen molar-refractivity contribution < 1.29 is 80.2 Å². The number of phosphoric ester groups is 2. The zero-order valence-corrected chi connectivity index (χ0v) is 63.8. The van der Waals surface area contributed by atoms with Crippen LogP contribution in [0.4, 0.5) is 0 Å². The summed E-state index contributed by atoms with van der Waals surface area (Å²) in [5.41, 5.74) is 0. The first kappa shape index (κ1) is 93.1. The van der Waals surface area contributed by atoms with Crippen molar-refractivity contribution in [3.05, 3.63) is 0 Å². The van der Waals surface area contributed by atoms with Crippen molar-refractivity contribution in [1.29, 1.82) is 0 Å². The fourth-order valence-corrected chi connectivity index (χ4v) is 13.2. The fraction of sp³-hybridized carbons (Fsp3) is 0.947. The van der Waals surface area contributed by atoms with Crippen molar-refractivity contribution in [3.8, 4) is 0 Å². The molecule has 4 unspecified atom stereocenters. The van der Waals surface area contributed by atoms with Gasteiger partial charge in [-0.15, -0.1) is 0 Å². The molecule has 7 atom stereocenters. The first-order valence-electron chi connectivity index (χ1n) is 39.6. The molecule has 3 N–H and O–H groups in total. The van der Waals surface area contributed by atoms with Crippen LogP contribution in [0.25, 0.3) is 0 Å². The van der Waals surface area contributed by atoms with Crippen LogP contribution in [-0.2, 0) is 65.4 Å². The minimum absolute atomic E-state index is 0.107. The summed E-state index contributed by atoms with van der Waals surface area (Å²) in [5, 5.41) is 10.6. The molecule has 0 heterocycles. The molecule has 0 bridgehead atoms. The molecule has 0 aliphatic rings. The molecule has 0 aromatic rings. The molecule has 0 saturated heterocycles.